The zero-order valence-electron chi connectivity index (χ0n) is 15.4. The highest BCUT2D eigenvalue weighted by atomic mass is 32.1. The molecule has 0 radical (unpaired) electrons. The summed E-state index contributed by atoms with van der Waals surface area (Å²) in [5, 5.41) is 11.2. The van der Waals surface area contributed by atoms with Crippen molar-refractivity contribution < 1.29 is 17.9 Å². The molecule has 1 unspecified atom stereocenters. The third-order valence-electron chi connectivity index (χ3n) is 4.91. The van der Waals surface area contributed by atoms with Crippen molar-refractivity contribution in [2.75, 3.05) is 11.1 Å². The standard InChI is InChI=1S/C19H18F3N5OS/c1-9-2-3-11-15(4-9)29-18-16(11)17(25-8-26-18)27-13-5-10(7-23)12(24)6-14(13)28-19(20,21)22/h5-9,23H,2-4,24H2,1H3,(H,25,26,27). The average Bonchev–Trinajstić information content (AvgIpc) is 3.00. The van der Waals surface area contributed by atoms with Gasteiger partial charge in [-0.2, -0.15) is 0 Å². The first-order chi connectivity index (χ1) is 13.7. The van der Waals surface area contributed by atoms with E-state index >= 15 is 0 Å². The zero-order valence-corrected chi connectivity index (χ0v) is 16.2. The van der Waals surface area contributed by atoms with Crippen molar-refractivity contribution in [2.24, 2.45) is 5.92 Å². The van der Waals surface area contributed by atoms with Crippen LogP contribution < -0.4 is 15.8 Å². The van der Waals surface area contributed by atoms with Gasteiger partial charge in [0, 0.05) is 28.4 Å². The Hall–Kier alpha value is -2.88. The maximum Gasteiger partial charge on any atom is 0.573 e. The van der Waals surface area contributed by atoms with Gasteiger partial charge in [0.05, 0.1) is 11.1 Å². The summed E-state index contributed by atoms with van der Waals surface area (Å²) in [6, 6.07) is 2.40. The minimum absolute atomic E-state index is 0.0135. The summed E-state index contributed by atoms with van der Waals surface area (Å²) in [5.41, 5.74) is 7.20. The molecule has 10 heteroatoms. The first kappa shape index (κ1) is 19.4. The Morgan fingerprint density at radius 3 is 2.86 bits per heavy atom. The molecule has 6 nitrogen and oxygen atoms in total. The fourth-order valence-electron chi connectivity index (χ4n) is 3.54. The van der Waals surface area contributed by atoms with Crippen molar-refractivity contribution in [3.63, 3.8) is 0 Å². The predicted molar refractivity (Wildman–Crippen MR) is 107 cm³/mol. The van der Waals surface area contributed by atoms with Gasteiger partial charge in [-0.1, -0.05) is 6.92 Å². The lowest BCUT2D eigenvalue weighted by Gasteiger charge is -2.19. The SMILES string of the molecule is CC1CCc2c(sc3ncnc(Nc4cc(C=N)c(N)cc4OC(F)(F)F)c23)C1. The Morgan fingerprint density at radius 2 is 2.14 bits per heavy atom. The molecule has 2 aromatic heterocycles. The van der Waals surface area contributed by atoms with Gasteiger partial charge in [-0.05, 0) is 36.8 Å². The van der Waals surface area contributed by atoms with Crippen molar-refractivity contribution in [2.45, 2.75) is 32.5 Å². The average molecular weight is 421 g/mol. The molecule has 0 amide bonds. The van der Waals surface area contributed by atoms with Crippen LogP contribution in [0.2, 0.25) is 0 Å². The molecule has 152 valence electrons. The fourth-order valence-corrected chi connectivity index (χ4v) is 4.89. The largest absolute Gasteiger partial charge is 0.573 e. The molecule has 4 rings (SSSR count). The lowest BCUT2D eigenvalue weighted by molar-refractivity contribution is -0.274. The summed E-state index contributed by atoms with van der Waals surface area (Å²) in [6.45, 7) is 2.20. The second kappa shape index (κ2) is 7.18. The molecule has 0 bridgehead atoms. The lowest BCUT2D eigenvalue weighted by atomic mass is 9.89. The van der Waals surface area contributed by atoms with Crippen molar-refractivity contribution >= 4 is 45.0 Å². The number of thiophene rings is 1. The first-order valence-corrected chi connectivity index (χ1v) is 9.79. The Morgan fingerprint density at radius 1 is 1.34 bits per heavy atom. The van der Waals surface area contributed by atoms with E-state index in [-0.39, 0.29) is 16.9 Å². The molecular formula is C19H18F3N5OS. The fraction of sp³-hybridized carbons (Fsp3) is 0.316. The molecule has 2 heterocycles. The molecule has 0 fully saturated rings. The number of alkyl halides is 3. The molecule has 4 N–H and O–H groups in total. The minimum atomic E-state index is -4.88. The lowest BCUT2D eigenvalue weighted by Crippen LogP contribution is -2.18. The Kier molecular flexibility index (Phi) is 4.81. The number of rotatable bonds is 4. The topological polar surface area (TPSA) is 96.9 Å². The predicted octanol–water partition coefficient (Wildman–Crippen LogP) is 5.04. The molecule has 1 atom stereocenters. The van der Waals surface area contributed by atoms with Gasteiger partial charge in [0.2, 0.25) is 0 Å². The number of ether oxygens (including phenoxy) is 1. The molecule has 1 aliphatic carbocycles. The van der Waals surface area contributed by atoms with E-state index in [1.54, 1.807) is 11.3 Å². The molecule has 29 heavy (non-hydrogen) atoms. The number of nitrogen functional groups attached to an aromatic ring is 1. The second-order valence-corrected chi connectivity index (χ2v) is 8.13. The van der Waals surface area contributed by atoms with Gasteiger partial charge in [-0.25, -0.2) is 9.97 Å². The van der Waals surface area contributed by atoms with Crippen molar-refractivity contribution in [1.29, 1.82) is 5.41 Å². The number of anilines is 3. The van der Waals surface area contributed by atoms with Gasteiger partial charge in [0.1, 0.15) is 17.0 Å². The molecule has 0 saturated heterocycles. The second-order valence-electron chi connectivity index (χ2n) is 7.05. The van der Waals surface area contributed by atoms with E-state index < -0.39 is 12.1 Å². The van der Waals surface area contributed by atoms with E-state index in [2.05, 4.69) is 26.9 Å². The molecule has 0 saturated carbocycles. The van der Waals surface area contributed by atoms with Crippen LogP contribution in [-0.4, -0.2) is 22.5 Å². The van der Waals surface area contributed by atoms with Crippen LogP contribution in [-0.2, 0) is 12.8 Å². The van der Waals surface area contributed by atoms with Crippen LogP contribution in [0.15, 0.2) is 18.5 Å². The van der Waals surface area contributed by atoms with Crippen LogP contribution >= 0.6 is 11.3 Å². The van der Waals surface area contributed by atoms with Crippen LogP contribution in [0.25, 0.3) is 10.2 Å². The van der Waals surface area contributed by atoms with Crippen molar-refractivity contribution in [3.05, 3.63) is 34.5 Å². The molecule has 1 aromatic carbocycles. The van der Waals surface area contributed by atoms with Crippen molar-refractivity contribution in [1.82, 2.24) is 9.97 Å². The van der Waals surface area contributed by atoms with Crippen LogP contribution in [0.5, 0.6) is 5.75 Å². The van der Waals surface area contributed by atoms with Gasteiger partial charge in [-0.3, -0.25) is 0 Å². The number of aromatic nitrogens is 2. The quantitative estimate of drug-likeness (QED) is 0.405. The normalized spacial score (nSPS) is 16.5. The third-order valence-corrected chi connectivity index (χ3v) is 6.07. The Bertz CT molecular complexity index is 1100. The number of halogens is 3. The Labute approximate surface area is 168 Å². The minimum Gasteiger partial charge on any atom is -0.403 e. The summed E-state index contributed by atoms with van der Waals surface area (Å²) in [7, 11) is 0. The van der Waals surface area contributed by atoms with Gasteiger partial charge in [0.15, 0.2) is 5.75 Å². The highest BCUT2D eigenvalue weighted by molar-refractivity contribution is 7.19. The Balaban J connectivity index is 1.82. The van der Waals surface area contributed by atoms with Gasteiger partial charge < -0.3 is 21.2 Å². The number of hydrogen-bond acceptors (Lipinski definition) is 7. The smallest absolute Gasteiger partial charge is 0.403 e. The summed E-state index contributed by atoms with van der Waals surface area (Å²) >= 11 is 1.59. The van der Waals surface area contributed by atoms with E-state index in [0.29, 0.717) is 11.7 Å². The maximum atomic E-state index is 12.9. The molecule has 1 aliphatic rings. The number of nitrogens with two attached hydrogens (primary N) is 1. The van der Waals surface area contributed by atoms with Crippen LogP contribution in [0.1, 0.15) is 29.3 Å². The highest BCUT2D eigenvalue weighted by Gasteiger charge is 2.33. The van der Waals surface area contributed by atoms with E-state index in [4.69, 9.17) is 11.1 Å². The van der Waals surface area contributed by atoms with Crippen molar-refractivity contribution in [3.8, 4) is 5.75 Å². The summed E-state index contributed by atoms with van der Waals surface area (Å²) < 4.78 is 42.8. The number of fused-ring (bicyclic) bond motifs is 3. The number of nitrogens with zero attached hydrogens (tertiary/aromatic N) is 2. The number of aryl methyl sites for hydroxylation is 1. The number of benzene rings is 1. The molecular weight excluding hydrogens is 403 g/mol. The van der Waals surface area contributed by atoms with Gasteiger partial charge in [-0.15, -0.1) is 24.5 Å². The molecule has 0 aliphatic heterocycles. The number of hydrogen-bond donors (Lipinski definition) is 3. The van der Waals surface area contributed by atoms with E-state index in [9.17, 15) is 13.2 Å². The van der Waals surface area contributed by atoms with E-state index in [1.165, 1.54) is 17.3 Å². The third kappa shape index (κ3) is 3.84. The van der Waals surface area contributed by atoms with Gasteiger partial charge in [0.25, 0.3) is 0 Å². The van der Waals surface area contributed by atoms with E-state index in [1.807, 2.05) is 0 Å². The first-order valence-electron chi connectivity index (χ1n) is 8.97. The van der Waals surface area contributed by atoms with E-state index in [0.717, 1.165) is 47.3 Å². The van der Waals surface area contributed by atoms with Crippen LogP contribution in [0.3, 0.4) is 0 Å². The monoisotopic (exact) mass is 421 g/mol. The zero-order chi connectivity index (χ0) is 20.8. The molecule has 0 spiro atoms. The van der Waals surface area contributed by atoms with Crippen LogP contribution in [0, 0.1) is 11.3 Å². The summed E-state index contributed by atoms with van der Waals surface area (Å²) in [6.07, 6.45) is 0.343. The number of nitrogens with one attached hydrogen (secondary N) is 2. The molecule has 3 aromatic rings. The summed E-state index contributed by atoms with van der Waals surface area (Å²) in [5.74, 6) is 0.513. The van der Waals surface area contributed by atoms with Crippen LogP contribution in [0.4, 0.5) is 30.4 Å². The highest BCUT2D eigenvalue weighted by Crippen LogP contribution is 2.42. The maximum absolute atomic E-state index is 12.9. The summed E-state index contributed by atoms with van der Waals surface area (Å²) in [4.78, 5) is 10.7. The van der Waals surface area contributed by atoms with Gasteiger partial charge >= 0.3 is 6.36 Å².